The Bertz CT molecular complexity index is 392. The highest BCUT2D eigenvalue weighted by Gasteiger charge is 2.18. The van der Waals surface area contributed by atoms with Gasteiger partial charge in [-0.05, 0) is 18.2 Å². The van der Waals surface area contributed by atoms with Crippen LogP contribution in [0, 0.1) is 11.3 Å². The van der Waals surface area contributed by atoms with Gasteiger partial charge in [0, 0.05) is 12.1 Å². The SMILES string of the molecule is N#Cc1ccc(O)c([C@H]2COCCN2)c1. The van der Waals surface area contributed by atoms with Gasteiger partial charge in [0.2, 0.25) is 0 Å². The number of rotatable bonds is 1. The fourth-order valence-electron chi connectivity index (χ4n) is 1.67. The van der Waals surface area contributed by atoms with Gasteiger partial charge in [0.15, 0.2) is 0 Å². The Labute approximate surface area is 88.1 Å². The number of hydrogen-bond donors (Lipinski definition) is 2. The number of nitrogens with one attached hydrogen (secondary N) is 1. The summed E-state index contributed by atoms with van der Waals surface area (Å²) in [5, 5.41) is 21.7. The summed E-state index contributed by atoms with van der Waals surface area (Å²) in [5.74, 6) is 0.206. The number of phenols is 1. The van der Waals surface area contributed by atoms with Crippen LogP contribution in [0.5, 0.6) is 5.75 Å². The van der Waals surface area contributed by atoms with Gasteiger partial charge >= 0.3 is 0 Å². The van der Waals surface area contributed by atoms with E-state index in [4.69, 9.17) is 10.00 Å². The molecule has 0 amide bonds. The highest BCUT2D eigenvalue weighted by Crippen LogP contribution is 2.26. The van der Waals surface area contributed by atoms with E-state index in [0.717, 1.165) is 12.1 Å². The van der Waals surface area contributed by atoms with E-state index in [-0.39, 0.29) is 11.8 Å². The second-order valence-electron chi connectivity index (χ2n) is 3.47. The molecule has 0 bridgehead atoms. The first-order valence-electron chi connectivity index (χ1n) is 4.85. The molecule has 1 aliphatic heterocycles. The van der Waals surface area contributed by atoms with Gasteiger partial charge in [0.05, 0.1) is 30.9 Å². The molecular weight excluding hydrogens is 192 g/mol. The Kier molecular flexibility index (Phi) is 2.86. The first-order valence-corrected chi connectivity index (χ1v) is 4.85. The summed E-state index contributed by atoms with van der Waals surface area (Å²) in [4.78, 5) is 0. The van der Waals surface area contributed by atoms with E-state index in [9.17, 15) is 5.11 Å². The van der Waals surface area contributed by atoms with Crippen LogP contribution in [0.25, 0.3) is 0 Å². The first kappa shape index (κ1) is 9.97. The molecule has 0 radical (unpaired) electrons. The van der Waals surface area contributed by atoms with Crippen molar-refractivity contribution >= 4 is 0 Å². The number of benzene rings is 1. The van der Waals surface area contributed by atoms with Gasteiger partial charge in [-0.25, -0.2) is 0 Å². The highest BCUT2D eigenvalue weighted by atomic mass is 16.5. The lowest BCUT2D eigenvalue weighted by atomic mass is 10.0. The number of morpholine rings is 1. The molecule has 0 aliphatic carbocycles. The van der Waals surface area contributed by atoms with E-state index >= 15 is 0 Å². The molecular formula is C11H12N2O2. The molecule has 1 fully saturated rings. The van der Waals surface area contributed by atoms with Gasteiger partial charge in [-0.15, -0.1) is 0 Å². The van der Waals surface area contributed by atoms with Gasteiger partial charge in [-0.3, -0.25) is 0 Å². The largest absolute Gasteiger partial charge is 0.508 e. The zero-order valence-electron chi connectivity index (χ0n) is 8.23. The number of nitriles is 1. The maximum Gasteiger partial charge on any atom is 0.120 e. The first-order chi connectivity index (χ1) is 7.31. The summed E-state index contributed by atoms with van der Waals surface area (Å²) in [7, 11) is 0. The molecule has 4 heteroatoms. The molecule has 0 spiro atoms. The zero-order chi connectivity index (χ0) is 10.7. The van der Waals surface area contributed by atoms with E-state index in [2.05, 4.69) is 11.4 Å². The van der Waals surface area contributed by atoms with Crippen LogP contribution >= 0.6 is 0 Å². The standard InChI is InChI=1S/C11H12N2O2/c12-6-8-1-2-11(14)9(5-8)10-7-15-4-3-13-10/h1-2,5,10,13-14H,3-4,7H2/t10-/m1/s1. The molecule has 1 aliphatic rings. The lowest BCUT2D eigenvalue weighted by Crippen LogP contribution is -2.34. The van der Waals surface area contributed by atoms with Crippen LogP contribution < -0.4 is 5.32 Å². The van der Waals surface area contributed by atoms with Crippen molar-refractivity contribution < 1.29 is 9.84 Å². The second kappa shape index (κ2) is 4.30. The summed E-state index contributed by atoms with van der Waals surface area (Å²) < 4.78 is 5.31. The molecule has 1 atom stereocenters. The number of phenolic OH excluding ortho intramolecular Hbond substituents is 1. The van der Waals surface area contributed by atoms with Crippen LogP contribution in [0.4, 0.5) is 0 Å². The van der Waals surface area contributed by atoms with Crippen molar-refractivity contribution in [3.8, 4) is 11.8 Å². The van der Waals surface area contributed by atoms with Crippen molar-refractivity contribution in [1.82, 2.24) is 5.32 Å². The number of aromatic hydroxyl groups is 1. The van der Waals surface area contributed by atoms with E-state index < -0.39 is 0 Å². The fraction of sp³-hybridized carbons (Fsp3) is 0.364. The maximum absolute atomic E-state index is 9.68. The molecule has 4 nitrogen and oxygen atoms in total. The number of hydrogen-bond acceptors (Lipinski definition) is 4. The van der Waals surface area contributed by atoms with Crippen molar-refractivity contribution in [2.24, 2.45) is 0 Å². The lowest BCUT2D eigenvalue weighted by Gasteiger charge is -2.24. The van der Waals surface area contributed by atoms with Gasteiger partial charge in [-0.2, -0.15) is 5.26 Å². The van der Waals surface area contributed by atoms with Gasteiger partial charge < -0.3 is 15.2 Å². The molecule has 0 aromatic heterocycles. The van der Waals surface area contributed by atoms with E-state index in [0.29, 0.717) is 18.8 Å². The minimum Gasteiger partial charge on any atom is -0.508 e. The molecule has 1 aromatic rings. The quantitative estimate of drug-likeness (QED) is 0.714. The maximum atomic E-state index is 9.68. The van der Waals surface area contributed by atoms with Crippen molar-refractivity contribution in [3.63, 3.8) is 0 Å². The monoisotopic (exact) mass is 204 g/mol. The van der Waals surface area contributed by atoms with Gasteiger partial charge in [-0.1, -0.05) is 0 Å². The van der Waals surface area contributed by atoms with Crippen LogP contribution in [0.3, 0.4) is 0 Å². The molecule has 0 unspecified atom stereocenters. The number of ether oxygens (including phenoxy) is 1. The molecule has 1 aromatic carbocycles. The highest BCUT2D eigenvalue weighted by molar-refractivity contribution is 5.43. The topological polar surface area (TPSA) is 65.3 Å². The molecule has 78 valence electrons. The predicted molar refractivity (Wildman–Crippen MR) is 54.4 cm³/mol. The summed E-state index contributed by atoms with van der Waals surface area (Å²) in [6.07, 6.45) is 0. The second-order valence-corrected chi connectivity index (χ2v) is 3.47. The van der Waals surface area contributed by atoms with Crippen molar-refractivity contribution in [2.45, 2.75) is 6.04 Å². The number of nitrogens with zero attached hydrogens (tertiary/aromatic N) is 1. The predicted octanol–water partition coefficient (Wildman–Crippen LogP) is 0.925. The third kappa shape index (κ3) is 2.09. The van der Waals surface area contributed by atoms with Crippen LogP contribution in [0.1, 0.15) is 17.2 Å². The van der Waals surface area contributed by atoms with Crippen LogP contribution in [0.15, 0.2) is 18.2 Å². The molecule has 15 heavy (non-hydrogen) atoms. The van der Waals surface area contributed by atoms with Gasteiger partial charge in [0.25, 0.3) is 0 Å². The minimum atomic E-state index is -0.0213. The summed E-state index contributed by atoms with van der Waals surface area (Å²) in [6.45, 7) is 1.98. The summed E-state index contributed by atoms with van der Waals surface area (Å²) >= 11 is 0. The minimum absolute atomic E-state index is 0.0213. The Hall–Kier alpha value is -1.57. The summed E-state index contributed by atoms with van der Waals surface area (Å²) in [5.41, 5.74) is 1.28. The Morgan fingerprint density at radius 1 is 1.53 bits per heavy atom. The van der Waals surface area contributed by atoms with Crippen molar-refractivity contribution in [1.29, 1.82) is 5.26 Å². The molecule has 1 saturated heterocycles. The van der Waals surface area contributed by atoms with Crippen LogP contribution in [-0.2, 0) is 4.74 Å². The van der Waals surface area contributed by atoms with Crippen molar-refractivity contribution in [3.05, 3.63) is 29.3 Å². The van der Waals surface area contributed by atoms with Gasteiger partial charge in [0.1, 0.15) is 5.75 Å². The third-order valence-corrected chi connectivity index (χ3v) is 2.45. The van der Waals surface area contributed by atoms with Crippen LogP contribution in [0.2, 0.25) is 0 Å². The molecule has 2 N–H and O–H groups in total. The lowest BCUT2D eigenvalue weighted by molar-refractivity contribution is 0.0761. The molecule has 1 heterocycles. The average Bonchev–Trinajstić information content (AvgIpc) is 2.31. The van der Waals surface area contributed by atoms with E-state index in [1.165, 1.54) is 0 Å². The fourth-order valence-corrected chi connectivity index (χ4v) is 1.67. The van der Waals surface area contributed by atoms with E-state index in [1.54, 1.807) is 18.2 Å². The Balaban J connectivity index is 2.29. The molecule has 2 rings (SSSR count). The smallest absolute Gasteiger partial charge is 0.120 e. The normalized spacial score (nSPS) is 20.9. The Morgan fingerprint density at radius 3 is 3.07 bits per heavy atom. The zero-order valence-corrected chi connectivity index (χ0v) is 8.23. The third-order valence-electron chi connectivity index (χ3n) is 2.45. The van der Waals surface area contributed by atoms with E-state index in [1.807, 2.05) is 0 Å². The van der Waals surface area contributed by atoms with Crippen molar-refractivity contribution in [2.75, 3.05) is 19.8 Å². The van der Waals surface area contributed by atoms with Crippen LogP contribution in [-0.4, -0.2) is 24.9 Å². The molecule has 0 saturated carbocycles. The Morgan fingerprint density at radius 2 is 2.40 bits per heavy atom. The average molecular weight is 204 g/mol. The summed E-state index contributed by atoms with van der Waals surface area (Å²) in [6, 6.07) is 6.87.